The number of hydrogen-bond acceptors (Lipinski definition) is 6. The fraction of sp³-hybridized carbons (Fsp3) is 0.150. The molecule has 3 rings (SSSR count). The molecule has 0 unspecified atom stereocenters. The van der Waals surface area contributed by atoms with Gasteiger partial charge in [0.2, 0.25) is 11.3 Å². The molecule has 0 aliphatic rings. The SMILES string of the molecule is COc1cc(NC(=O)c2nn(-c3ccc(F)cc3)c(OC)cc2=O)cc(OC)c1. The number of benzene rings is 2. The number of nitrogens with one attached hydrogen (secondary N) is 1. The third-order valence-electron chi connectivity index (χ3n) is 4.00. The molecular formula is C20H18FN3O5. The Morgan fingerprint density at radius 2 is 1.59 bits per heavy atom. The van der Waals surface area contributed by atoms with Crippen molar-refractivity contribution in [1.82, 2.24) is 9.78 Å². The molecule has 150 valence electrons. The Labute approximate surface area is 165 Å². The minimum absolute atomic E-state index is 0.0983. The van der Waals surface area contributed by atoms with Crippen molar-refractivity contribution in [1.29, 1.82) is 0 Å². The molecule has 0 aliphatic carbocycles. The van der Waals surface area contributed by atoms with Gasteiger partial charge in [0.15, 0.2) is 5.69 Å². The number of carbonyl (C=O) groups is 1. The lowest BCUT2D eigenvalue weighted by Gasteiger charge is -2.13. The lowest BCUT2D eigenvalue weighted by atomic mass is 10.2. The Morgan fingerprint density at radius 1 is 0.966 bits per heavy atom. The third kappa shape index (κ3) is 4.34. The summed E-state index contributed by atoms with van der Waals surface area (Å²) in [5.41, 5.74) is -0.221. The minimum atomic E-state index is -0.733. The van der Waals surface area contributed by atoms with Gasteiger partial charge in [0, 0.05) is 23.9 Å². The molecule has 0 bridgehead atoms. The van der Waals surface area contributed by atoms with E-state index in [4.69, 9.17) is 14.2 Å². The highest BCUT2D eigenvalue weighted by atomic mass is 19.1. The van der Waals surface area contributed by atoms with Gasteiger partial charge in [-0.3, -0.25) is 9.59 Å². The molecule has 0 fully saturated rings. The van der Waals surface area contributed by atoms with Gasteiger partial charge in [0.05, 0.1) is 33.1 Å². The Bertz CT molecular complexity index is 1070. The van der Waals surface area contributed by atoms with Crippen LogP contribution in [0.25, 0.3) is 5.69 Å². The summed E-state index contributed by atoms with van der Waals surface area (Å²) >= 11 is 0. The van der Waals surface area contributed by atoms with Crippen molar-refractivity contribution in [2.75, 3.05) is 26.6 Å². The quantitative estimate of drug-likeness (QED) is 0.685. The van der Waals surface area contributed by atoms with E-state index in [2.05, 4.69) is 10.4 Å². The minimum Gasteiger partial charge on any atom is -0.497 e. The second-order valence-corrected chi connectivity index (χ2v) is 5.84. The van der Waals surface area contributed by atoms with Crippen LogP contribution in [0.2, 0.25) is 0 Å². The number of aromatic nitrogens is 2. The van der Waals surface area contributed by atoms with Gasteiger partial charge >= 0.3 is 0 Å². The van der Waals surface area contributed by atoms with Crippen LogP contribution in [0, 0.1) is 5.82 Å². The zero-order valence-electron chi connectivity index (χ0n) is 15.9. The second-order valence-electron chi connectivity index (χ2n) is 5.84. The summed E-state index contributed by atoms with van der Waals surface area (Å²) in [4.78, 5) is 25.1. The normalized spacial score (nSPS) is 10.3. The first-order chi connectivity index (χ1) is 13.9. The van der Waals surface area contributed by atoms with Crippen LogP contribution in [0.3, 0.4) is 0 Å². The van der Waals surface area contributed by atoms with E-state index in [1.165, 1.54) is 50.3 Å². The molecule has 1 heterocycles. The molecule has 9 heteroatoms. The molecule has 8 nitrogen and oxygen atoms in total. The van der Waals surface area contributed by atoms with Crippen LogP contribution in [0.1, 0.15) is 10.5 Å². The maximum Gasteiger partial charge on any atom is 0.280 e. The van der Waals surface area contributed by atoms with Crippen molar-refractivity contribution in [2.45, 2.75) is 0 Å². The van der Waals surface area contributed by atoms with Gasteiger partial charge in [0.1, 0.15) is 17.3 Å². The molecule has 0 atom stereocenters. The molecule has 0 radical (unpaired) electrons. The number of hydrogen-bond donors (Lipinski definition) is 1. The molecule has 0 saturated heterocycles. The van der Waals surface area contributed by atoms with E-state index in [0.717, 1.165) is 6.07 Å². The molecule has 0 saturated carbocycles. The smallest absolute Gasteiger partial charge is 0.280 e. The van der Waals surface area contributed by atoms with Crippen LogP contribution in [-0.4, -0.2) is 37.0 Å². The number of methoxy groups -OCH3 is 3. The molecule has 29 heavy (non-hydrogen) atoms. The van der Waals surface area contributed by atoms with Crippen molar-refractivity contribution >= 4 is 11.6 Å². The highest BCUT2D eigenvalue weighted by Crippen LogP contribution is 2.26. The van der Waals surface area contributed by atoms with Crippen molar-refractivity contribution in [2.24, 2.45) is 0 Å². The number of ether oxygens (including phenoxy) is 3. The fourth-order valence-corrected chi connectivity index (χ4v) is 2.58. The van der Waals surface area contributed by atoms with Gasteiger partial charge < -0.3 is 19.5 Å². The molecule has 3 aromatic rings. The molecule has 0 spiro atoms. The topological polar surface area (TPSA) is 91.7 Å². The molecular weight excluding hydrogens is 381 g/mol. The number of nitrogens with zero attached hydrogens (tertiary/aromatic N) is 2. The Balaban J connectivity index is 2.00. The second kappa shape index (κ2) is 8.42. The molecule has 1 amide bonds. The van der Waals surface area contributed by atoms with Crippen molar-refractivity contribution < 1.29 is 23.4 Å². The highest BCUT2D eigenvalue weighted by Gasteiger charge is 2.18. The first kappa shape index (κ1) is 19.9. The van der Waals surface area contributed by atoms with Crippen LogP contribution in [-0.2, 0) is 0 Å². The van der Waals surface area contributed by atoms with E-state index in [0.29, 0.717) is 22.9 Å². The Kier molecular flexibility index (Phi) is 5.77. The summed E-state index contributed by atoms with van der Waals surface area (Å²) in [6, 6.07) is 11.3. The average molecular weight is 399 g/mol. The van der Waals surface area contributed by atoms with E-state index in [1.54, 1.807) is 18.2 Å². The zero-order chi connectivity index (χ0) is 21.0. The highest BCUT2D eigenvalue weighted by molar-refractivity contribution is 6.03. The summed E-state index contributed by atoms with van der Waals surface area (Å²) in [5, 5.41) is 6.70. The maximum atomic E-state index is 13.2. The molecule has 1 aromatic heterocycles. The summed E-state index contributed by atoms with van der Waals surface area (Å²) in [6.07, 6.45) is 0. The van der Waals surface area contributed by atoms with Gasteiger partial charge in [-0.1, -0.05) is 0 Å². The zero-order valence-corrected chi connectivity index (χ0v) is 15.9. The monoisotopic (exact) mass is 399 g/mol. The van der Waals surface area contributed by atoms with E-state index in [1.807, 2.05) is 0 Å². The van der Waals surface area contributed by atoms with Crippen molar-refractivity contribution in [3.63, 3.8) is 0 Å². The number of carbonyl (C=O) groups excluding carboxylic acids is 1. The van der Waals surface area contributed by atoms with Crippen LogP contribution in [0.4, 0.5) is 10.1 Å². The van der Waals surface area contributed by atoms with Crippen LogP contribution in [0.5, 0.6) is 17.4 Å². The van der Waals surface area contributed by atoms with Crippen LogP contribution >= 0.6 is 0 Å². The van der Waals surface area contributed by atoms with Crippen molar-refractivity contribution in [3.8, 4) is 23.1 Å². The first-order valence-corrected chi connectivity index (χ1v) is 8.44. The summed E-state index contributed by atoms with van der Waals surface area (Å²) in [6.45, 7) is 0. The van der Waals surface area contributed by atoms with Gasteiger partial charge in [-0.25, -0.2) is 9.07 Å². The molecule has 1 N–H and O–H groups in total. The predicted molar refractivity (Wildman–Crippen MR) is 104 cm³/mol. The number of anilines is 1. The Morgan fingerprint density at radius 3 is 2.14 bits per heavy atom. The van der Waals surface area contributed by atoms with E-state index in [9.17, 15) is 14.0 Å². The Hall–Kier alpha value is -3.88. The fourth-order valence-electron chi connectivity index (χ4n) is 2.58. The van der Waals surface area contributed by atoms with Gasteiger partial charge in [-0.2, -0.15) is 5.10 Å². The van der Waals surface area contributed by atoms with Crippen molar-refractivity contribution in [3.05, 3.63) is 70.3 Å². The number of rotatable bonds is 6. The number of halogens is 1. The standard InChI is InChI=1S/C20H18FN3O5/c1-27-15-8-13(9-16(10-15)28-2)22-20(26)19-17(25)11-18(29-3)24(23-19)14-6-4-12(21)5-7-14/h4-11H,1-3H3,(H,22,26). The van der Waals surface area contributed by atoms with Gasteiger partial charge in [-0.15, -0.1) is 0 Å². The lowest BCUT2D eigenvalue weighted by Crippen LogP contribution is -2.26. The molecule has 0 aliphatic heterocycles. The summed E-state index contributed by atoms with van der Waals surface area (Å²) in [7, 11) is 4.32. The van der Waals surface area contributed by atoms with E-state index in [-0.39, 0.29) is 11.6 Å². The largest absolute Gasteiger partial charge is 0.497 e. The summed E-state index contributed by atoms with van der Waals surface area (Å²) < 4.78 is 30.0. The van der Waals surface area contributed by atoms with Crippen LogP contribution in [0.15, 0.2) is 53.3 Å². The average Bonchev–Trinajstić information content (AvgIpc) is 2.73. The van der Waals surface area contributed by atoms with Gasteiger partial charge in [-0.05, 0) is 24.3 Å². The lowest BCUT2D eigenvalue weighted by molar-refractivity contribution is 0.101. The molecule has 2 aromatic carbocycles. The third-order valence-corrected chi connectivity index (χ3v) is 4.00. The van der Waals surface area contributed by atoms with E-state index < -0.39 is 17.2 Å². The maximum absolute atomic E-state index is 13.2. The predicted octanol–water partition coefficient (Wildman–Crippen LogP) is 2.65. The first-order valence-electron chi connectivity index (χ1n) is 8.44. The number of amides is 1. The van der Waals surface area contributed by atoms with Crippen LogP contribution < -0.4 is 25.0 Å². The summed E-state index contributed by atoms with van der Waals surface area (Å²) in [5.74, 6) is -0.138. The van der Waals surface area contributed by atoms with Gasteiger partial charge in [0.25, 0.3) is 5.91 Å². The van der Waals surface area contributed by atoms with E-state index >= 15 is 0 Å².